The van der Waals surface area contributed by atoms with Crippen LogP contribution in [0.5, 0.6) is 0 Å². The van der Waals surface area contributed by atoms with E-state index in [4.69, 9.17) is 0 Å². The highest BCUT2D eigenvalue weighted by Gasteiger charge is 2.32. The summed E-state index contributed by atoms with van der Waals surface area (Å²) in [6, 6.07) is 0.596. The fraction of sp³-hybridized carbons (Fsp3) is 1.00. The number of nitrogens with zero attached hydrogens (tertiary/aromatic N) is 1. The van der Waals surface area contributed by atoms with Gasteiger partial charge < -0.3 is 5.32 Å². The third kappa shape index (κ3) is 4.42. The molecule has 0 fully saturated rings. The molecule has 0 aromatic rings. The number of unbranched alkanes of at least 4 members (excludes halogenated alkanes) is 2. The molecule has 0 saturated heterocycles. The molecule has 1 N–H and O–H groups in total. The molecule has 0 saturated carbocycles. The van der Waals surface area contributed by atoms with Crippen molar-refractivity contribution in [1.82, 2.24) is 10.2 Å². The Morgan fingerprint density at radius 1 is 1.06 bits per heavy atom. The molecule has 16 heavy (non-hydrogen) atoms. The maximum atomic E-state index is 3.51. The highest BCUT2D eigenvalue weighted by atomic mass is 15.2. The summed E-state index contributed by atoms with van der Waals surface area (Å²) in [5.74, 6) is 0. The van der Waals surface area contributed by atoms with Gasteiger partial charge in [0.2, 0.25) is 0 Å². The molecule has 0 aliphatic rings. The Kier molecular flexibility index (Phi) is 8.04. The molecule has 0 radical (unpaired) electrons. The molecule has 2 heteroatoms. The summed E-state index contributed by atoms with van der Waals surface area (Å²) in [6.45, 7) is 13.8. The second-order valence-electron chi connectivity index (χ2n) is 5.16. The zero-order chi connectivity index (χ0) is 12.6. The van der Waals surface area contributed by atoms with Gasteiger partial charge in [-0.3, -0.25) is 4.90 Å². The van der Waals surface area contributed by atoms with Crippen LogP contribution < -0.4 is 5.32 Å². The summed E-state index contributed by atoms with van der Waals surface area (Å²) in [6.07, 6.45) is 5.29. The van der Waals surface area contributed by atoms with E-state index in [1.807, 2.05) is 0 Å². The van der Waals surface area contributed by atoms with E-state index in [0.29, 0.717) is 6.04 Å². The molecule has 0 aromatic heterocycles. The lowest BCUT2D eigenvalue weighted by Crippen LogP contribution is -2.56. The number of hydrogen-bond acceptors (Lipinski definition) is 2. The zero-order valence-electron chi connectivity index (χ0n) is 12.3. The number of hydrogen-bond donors (Lipinski definition) is 1. The third-order valence-electron chi connectivity index (χ3n) is 3.88. The molecule has 0 spiro atoms. The summed E-state index contributed by atoms with van der Waals surface area (Å²) in [5, 5.41) is 3.51. The predicted octanol–water partition coefficient (Wildman–Crippen LogP) is 3.28. The standard InChI is InChI=1S/C14H32N2/c1-7-10-11-12-13(15-6)14(4,5)16(8-2)9-3/h13,15H,7-12H2,1-6H3. The smallest absolute Gasteiger partial charge is 0.0305 e. The first-order valence-corrected chi connectivity index (χ1v) is 6.96. The summed E-state index contributed by atoms with van der Waals surface area (Å²) in [5.41, 5.74) is 0.256. The van der Waals surface area contributed by atoms with Crippen LogP contribution >= 0.6 is 0 Å². The van der Waals surface area contributed by atoms with Crippen molar-refractivity contribution in [3.05, 3.63) is 0 Å². The van der Waals surface area contributed by atoms with Crippen LogP contribution in [-0.4, -0.2) is 36.6 Å². The Labute approximate surface area is 103 Å². The molecule has 0 rings (SSSR count). The van der Waals surface area contributed by atoms with Gasteiger partial charge in [0, 0.05) is 11.6 Å². The van der Waals surface area contributed by atoms with E-state index in [9.17, 15) is 0 Å². The lowest BCUT2D eigenvalue weighted by atomic mass is 9.88. The zero-order valence-corrected chi connectivity index (χ0v) is 12.3. The van der Waals surface area contributed by atoms with Crippen molar-refractivity contribution in [2.45, 2.75) is 71.9 Å². The average Bonchev–Trinajstić information content (AvgIpc) is 2.25. The van der Waals surface area contributed by atoms with Gasteiger partial charge >= 0.3 is 0 Å². The molecule has 98 valence electrons. The molecule has 1 unspecified atom stereocenters. The summed E-state index contributed by atoms with van der Waals surface area (Å²) in [7, 11) is 2.10. The Bertz CT molecular complexity index is 162. The van der Waals surface area contributed by atoms with Crippen LogP contribution in [0.15, 0.2) is 0 Å². The highest BCUT2D eigenvalue weighted by molar-refractivity contribution is 4.92. The minimum atomic E-state index is 0.256. The van der Waals surface area contributed by atoms with Gasteiger partial charge in [-0.15, -0.1) is 0 Å². The molecule has 2 nitrogen and oxygen atoms in total. The normalized spacial score (nSPS) is 14.4. The van der Waals surface area contributed by atoms with E-state index < -0.39 is 0 Å². The highest BCUT2D eigenvalue weighted by Crippen LogP contribution is 2.22. The quantitative estimate of drug-likeness (QED) is 0.609. The van der Waals surface area contributed by atoms with E-state index in [1.165, 1.54) is 25.7 Å². The second kappa shape index (κ2) is 8.08. The molecular formula is C14H32N2. The molecule has 0 bridgehead atoms. The van der Waals surface area contributed by atoms with Crippen LogP contribution in [0.3, 0.4) is 0 Å². The second-order valence-corrected chi connectivity index (χ2v) is 5.16. The summed E-state index contributed by atoms with van der Waals surface area (Å²) < 4.78 is 0. The van der Waals surface area contributed by atoms with Crippen molar-refractivity contribution in [2.24, 2.45) is 0 Å². The van der Waals surface area contributed by atoms with Gasteiger partial charge in [-0.25, -0.2) is 0 Å². The monoisotopic (exact) mass is 228 g/mol. The van der Waals surface area contributed by atoms with Crippen LogP contribution in [-0.2, 0) is 0 Å². The van der Waals surface area contributed by atoms with Gasteiger partial charge in [0.1, 0.15) is 0 Å². The van der Waals surface area contributed by atoms with Crippen LogP contribution in [0.4, 0.5) is 0 Å². The Balaban J connectivity index is 4.39. The van der Waals surface area contributed by atoms with Crippen LogP contribution in [0.2, 0.25) is 0 Å². The van der Waals surface area contributed by atoms with Gasteiger partial charge in [-0.1, -0.05) is 40.0 Å². The summed E-state index contributed by atoms with van der Waals surface area (Å²) in [4.78, 5) is 2.56. The molecule has 0 aromatic carbocycles. The van der Waals surface area contributed by atoms with Crippen molar-refractivity contribution in [1.29, 1.82) is 0 Å². The van der Waals surface area contributed by atoms with Crippen molar-refractivity contribution in [3.63, 3.8) is 0 Å². The van der Waals surface area contributed by atoms with Crippen LogP contribution in [0.1, 0.15) is 60.3 Å². The van der Waals surface area contributed by atoms with Crippen LogP contribution in [0.25, 0.3) is 0 Å². The minimum Gasteiger partial charge on any atom is -0.315 e. The molecular weight excluding hydrogens is 196 g/mol. The van der Waals surface area contributed by atoms with Crippen molar-refractivity contribution >= 4 is 0 Å². The topological polar surface area (TPSA) is 15.3 Å². The maximum absolute atomic E-state index is 3.51. The maximum Gasteiger partial charge on any atom is 0.0305 e. The Morgan fingerprint density at radius 3 is 2.00 bits per heavy atom. The summed E-state index contributed by atoms with van der Waals surface area (Å²) >= 11 is 0. The first-order valence-electron chi connectivity index (χ1n) is 6.96. The van der Waals surface area contributed by atoms with E-state index in [-0.39, 0.29) is 5.54 Å². The SMILES string of the molecule is CCCCCC(NC)C(C)(C)N(CC)CC. The first-order chi connectivity index (χ1) is 7.54. The molecule has 0 amide bonds. The lowest BCUT2D eigenvalue weighted by molar-refractivity contribution is 0.0896. The number of likely N-dealkylation sites (N-methyl/N-ethyl adjacent to an activating group) is 2. The predicted molar refractivity (Wildman–Crippen MR) is 74.0 cm³/mol. The van der Waals surface area contributed by atoms with E-state index in [0.717, 1.165) is 13.1 Å². The minimum absolute atomic E-state index is 0.256. The van der Waals surface area contributed by atoms with E-state index >= 15 is 0 Å². The third-order valence-corrected chi connectivity index (χ3v) is 3.88. The molecule has 0 aliphatic carbocycles. The van der Waals surface area contributed by atoms with Crippen LogP contribution in [0, 0.1) is 0 Å². The van der Waals surface area contributed by atoms with Crippen molar-refractivity contribution in [3.8, 4) is 0 Å². The van der Waals surface area contributed by atoms with Gasteiger partial charge in [-0.2, -0.15) is 0 Å². The molecule has 0 heterocycles. The van der Waals surface area contributed by atoms with E-state index in [1.54, 1.807) is 0 Å². The first kappa shape index (κ1) is 15.9. The number of nitrogens with one attached hydrogen (secondary N) is 1. The fourth-order valence-electron chi connectivity index (χ4n) is 2.71. The molecule has 1 atom stereocenters. The largest absolute Gasteiger partial charge is 0.315 e. The Hall–Kier alpha value is -0.0800. The molecule has 0 aliphatic heterocycles. The van der Waals surface area contributed by atoms with Gasteiger partial charge in [0.05, 0.1) is 0 Å². The van der Waals surface area contributed by atoms with Gasteiger partial charge in [-0.05, 0) is 40.4 Å². The Morgan fingerprint density at radius 2 is 1.62 bits per heavy atom. The average molecular weight is 228 g/mol. The van der Waals surface area contributed by atoms with E-state index in [2.05, 4.69) is 51.9 Å². The van der Waals surface area contributed by atoms with Crippen molar-refractivity contribution in [2.75, 3.05) is 20.1 Å². The lowest BCUT2D eigenvalue weighted by Gasteiger charge is -2.43. The number of rotatable bonds is 9. The van der Waals surface area contributed by atoms with Crippen molar-refractivity contribution < 1.29 is 0 Å². The fourth-order valence-corrected chi connectivity index (χ4v) is 2.71. The van der Waals surface area contributed by atoms with Gasteiger partial charge in [0.25, 0.3) is 0 Å². The van der Waals surface area contributed by atoms with Gasteiger partial charge in [0.15, 0.2) is 0 Å².